The molecule has 1 aromatic rings. The summed E-state index contributed by atoms with van der Waals surface area (Å²) in [7, 11) is 0. The second-order valence-electron chi connectivity index (χ2n) is 5.42. The topological polar surface area (TPSA) is 33.1 Å². The summed E-state index contributed by atoms with van der Waals surface area (Å²) in [6, 6.07) is 9.11. The molecule has 0 heterocycles. The summed E-state index contributed by atoms with van der Waals surface area (Å²) >= 11 is 0. The SMILES string of the molecule is C=CC(=N)OC1CC(c2ccc(C3CC3)cc2)C1. The molecule has 0 aliphatic heterocycles. The first kappa shape index (κ1) is 11.5. The molecule has 2 saturated carbocycles. The van der Waals surface area contributed by atoms with Gasteiger partial charge >= 0.3 is 0 Å². The molecule has 0 atom stereocenters. The lowest BCUT2D eigenvalue weighted by Gasteiger charge is -2.35. The Morgan fingerprint density at radius 3 is 2.17 bits per heavy atom. The molecule has 2 nitrogen and oxygen atoms in total. The van der Waals surface area contributed by atoms with E-state index >= 15 is 0 Å². The number of benzene rings is 1. The van der Waals surface area contributed by atoms with Gasteiger partial charge < -0.3 is 4.74 Å². The molecule has 3 rings (SSSR count). The maximum Gasteiger partial charge on any atom is 0.205 e. The number of hydrogen-bond acceptors (Lipinski definition) is 2. The fraction of sp³-hybridized carbons (Fsp3) is 0.438. The average Bonchev–Trinajstić information content (AvgIpc) is 3.17. The highest BCUT2D eigenvalue weighted by Gasteiger charge is 2.32. The highest BCUT2D eigenvalue weighted by molar-refractivity contribution is 5.84. The van der Waals surface area contributed by atoms with Crippen LogP contribution < -0.4 is 0 Å². The molecular formula is C16H19NO. The molecule has 0 bridgehead atoms. The van der Waals surface area contributed by atoms with Gasteiger partial charge in [-0.1, -0.05) is 30.8 Å². The van der Waals surface area contributed by atoms with Gasteiger partial charge in [0.15, 0.2) is 0 Å². The molecule has 0 saturated heterocycles. The van der Waals surface area contributed by atoms with Crippen molar-refractivity contribution in [2.24, 2.45) is 0 Å². The normalized spacial score (nSPS) is 26.2. The Morgan fingerprint density at radius 2 is 1.67 bits per heavy atom. The predicted molar refractivity (Wildman–Crippen MR) is 73.2 cm³/mol. The Bertz CT molecular complexity index is 452. The van der Waals surface area contributed by atoms with Crippen LogP contribution in [0.2, 0.25) is 0 Å². The van der Waals surface area contributed by atoms with E-state index in [-0.39, 0.29) is 12.0 Å². The van der Waals surface area contributed by atoms with Gasteiger partial charge in [0.25, 0.3) is 0 Å². The Balaban J connectivity index is 1.54. The smallest absolute Gasteiger partial charge is 0.205 e. The Hall–Kier alpha value is -1.57. The second-order valence-corrected chi connectivity index (χ2v) is 5.42. The van der Waals surface area contributed by atoms with Crippen LogP contribution in [0.3, 0.4) is 0 Å². The Morgan fingerprint density at radius 1 is 1.11 bits per heavy atom. The van der Waals surface area contributed by atoms with Crippen molar-refractivity contribution in [1.82, 2.24) is 0 Å². The van der Waals surface area contributed by atoms with Gasteiger partial charge in [-0.2, -0.15) is 0 Å². The molecule has 2 aliphatic carbocycles. The first-order valence-corrected chi connectivity index (χ1v) is 6.73. The third-order valence-electron chi connectivity index (χ3n) is 4.03. The zero-order valence-electron chi connectivity index (χ0n) is 10.6. The van der Waals surface area contributed by atoms with Gasteiger partial charge in [-0.25, -0.2) is 0 Å². The minimum absolute atomic E-state index is 0.197. The predicted octanol–water partition coefficient (Wildman–Crippen LogP) is 3.99. The van der Waals surface area contributed by atoms with Crippen molar-refractivity contribution in [2.75, 3.05) is 0 Å². The van der Waals surface area contributed by atoms with Gasteiger partial charge in [0, 0.05) is 0 Å². The van der Waals surface area contributed by atoms with E-state index in [0.717, 1.165) is 18.8 Å². The van der Waals surface area contributed by atoms with Gasteiger partial charge in [0.2, 0.25) is 5.90 Å². The van der Waals surface area contributed by atoms with E-state index in [0.29, 0.717) is 5.92 Å². The lowest BCUT2D eigenvalue weighted by molar-refractivity contribution is 0.0874. The van der Waals surface area contributed by atoms with Crippen LogP contribution in [-0.2, 0) is 4.74 Å². The Labute approximate surface area is 108 Å². The molecule has 0 spiro atoms. The molecule has 18 heavy (non-hydrogen) atoms. The van der Waals surface area contributed by atoms with Gasteiger partial charge in [-0.05, 0) is 54.7 Å². The van der Waals surface area contributed by atoms with Crippen molar-refractivity contribution in [3.8, 4) is 0 Å². The van der Waals surface area contributed by atoms with Gasteiger partial charge in [-0.3, -0.25) is 5.41 Å². The lowest BCUT2D eigenvalue weighted by atomic mass is 9.77. The molecule has 2 heteroatoms. The average molecular weight is 241 g/mol. The van der Waals surface area contributed by atoms with E-state index in [1.165, 1.54) is 30.0 Å². The highest BCUT2D eigenvalue weighted by atomic mass is 16.5. The van der Waals surface area contributed by atoms with Crippen molar-refractivity contribution in [3.63, 3.8) is 0 Å². The van der Waals surface area contributed by atoms with Gasteiger partial charge in [0.1, 0.15) is 6.10 Å². The van der Waals surface area contributed by atoms with Crippen molar-refractivity contribution >= 4 is 5.90 Å². The number of nitrogens with one attached hydrogen (secondary N) is 1. The number of rotatable bonds is 4. The van der Waals surface area contributed by atoms with Crippen LogP contribution in [0.4, 0.5) is 0 Å². The van der Waals surface area contributed by atoms with Crippen LogP contribution in [0.1, 0.15) is 48.6 Å². The van der Waals surface area contributed by atoms with E-state index in [2.05, 4.69) is 30.8 Å². The highest BCUT2D eigenvalue weighted by Crippen LogP contribution is 2.42. The zero-order chi connectivity index (χ0) is 12.5. The fourth-order valence-electron chi connectivity index (χ4n) is 2.62. The van der Waals surface area contributed by atoms with Crippen LogP contribution in [0.25, 0.3) is 0 Å². The summed E-state index contributed by atoms with van der Waals surface area (Å²) in [6.45, 7) is 3.53. The molecule has 0 amide bonds. The van der Waals surface area contributed by atoms with E-state index in [4.69, 9.17) is 10.1 Å². The minimum atomic E-state index is 0.197. The Kier molecular flexibility index (Phi) is 2.94. The van der Waals surface area contributed by atoms with Crippen molar-refractivity contribution < 1.29 is 4.74 Å². The molecule has 1 aromatic carbocycles. The summed E-state index contributed by atoms with van der Waals surface area (Å²) in [6.07, 6.45) is 6.45. The maximum absolute atomic E-state index is 7.42. The van der Waals surface area contributed by atoms with E-state index in [1.807, 2.05) is 0 Å². The van der Waals surface area contributed by atoms with Crippen LogP contribution in [0.5, 0.6) is 0 Å². The number of hydrogen-bond donors (Lipinski definition) is 1. The molecule has 94 valence electrons. The minimum Gasteiger partial charge on any atom is -0.475 e. The van der Waals surface area contributed by atoms with Crippen LogP contribution >= 0.6 is 0 Å². The van der Waals surface area contributed by atoms with Crippen molar-refractivity contribution in [1.29, 1.82) is 5.41 Å². The quantitative estimate of drug-likeness (QED) is 0.627. The standard InChI is InChI=1S/C16H19NO/c1-2-16(17)18-15-9-14(10-15)13-7-5-12(6-8-13)11-3-4-11/h2,5-8,11,14-15,17H,1,3-4,9-10H2. The van der Waals surface area contributed by atoms with Crippen LogP contribution in [-0.4, -0.2) is 12.0 Å². The first-order valence-electron chi connectivity index (χ1n) is 6.73. The second kappa shape index (κ2) is 4.60. The molecular weight excluding hydrogens is 222 g/mol. The van der Waals surface area contributed by atoms with E-state index in [9.17, 15) is 0 Å². The van der Waals surface area contributed by atoms with E-state index in [1.54, 1.807) is 0 Å². The monoisotopic (exact) mass is 241 g/mol. The fourth-order valence-corrected chi connectivity index (χ4v) is 2.62. The zero-order valence-corrected chi connectivity index (χ0v) is 10.6. The summed E-state index contributed by atoms with van der Waals surface area (Å²) in [5.41, 5.74) is 2.92. The van der Waals surface area contributed by atoms with Crippen molar-refractivity contribution in [3.05, 3.63) is 48.0 Å². The van der Waals surface area contributed by atoms with Gasteiger partial charge in [0.05, 0.1) is 0 Å². The molecule has 0 unspecified atom stereocenters. The molecule has 1 N–H and O–H groups in total. The number of ether oxygens (including phenoxy) is 1. The third kappa shape index (κ3) is 2.33. The van der Waals surface area contributed by atoms with Crippen LogP contribution in [0, 0.1) is 5.41 Å². The van der Waals surface area contributed by atoms with Crippen molar-refractivity contribution in [2.45, 2.75) is 43.6 Å². The molecule has 2 fully saturated rings. The molecule has 2 aliphatic rings. The molecule has 0 radical (unpaired) electrons. The lowest BCUT2D eigenvalue weighted by Crippen LogP contribution is -2.31. The first-order chi connectivity index (χ1) is 8.76. The third-order valence-corrected chi connectivity index (χ3v) is 4.03. The summed E-state index contributed by atoms with van der Waals surface area (Å²) < 4.78 is 5.42. The summed E-state index contributed by atoms with van der Waals surface area (Å²) in [5.74, 6) is 1.65. The molecule has 0 aromatic heterocycles. The summed E-state index contributed by atoms with van der Waals surface area (Å²) in [4.78, 5) is 0. The van der Waals surface area contributed by atoms with Gasteiger partial charge in [-0.15, -0.1) is 0 Å². The van der Waals surface area contributed by atoms with Crippen LogP contribution in [0.15, 0.2) is 36.9 Å². The summed E-state index contributed by atoms with van der Waals surface area (Å²) in [5, 5.41) is 7.42. The van der Waals surface area contributed by atoms with E-state index < -0.39 is 0 Å². The largest absolute Gasteiger partial charge is 0.475 e. The maximum atomic E-state index is 7.42.